The lowest BCUT2D eigenvalue weighted by molar-refractivity contribution is -0.134. The molecule has 1 aromatic carbocycles. The normalized spacial score (nSPS) is 21.9. The van der Waals surface area contributed by atoms with Crippen LogP contribution in [-0.4, -0.2) is 43.6 Å². The SMILES string of the molecule is CNC1CCC(N(C)C(=O)COc2cccc(Cl)c2)CC1. The zero-order chi connectivity index (χ0) is 15.2. The molecule has 0 heterocycles. The van der Waals surface area contributed by atoms with Crippen LogP contribution in [0.25, 0.3) is 0 Å². The van der Waals surface area contributed by atoms with Crippen LogP contribution in [0.15, 0.2) is 24.3 Å². The smallest absolute Gasteiger partial charge is 0.260 e. The van der Waals surface area contributed by atoms with Crippen molar-refractivity contribution in [2.45, 2.75) is 37.8 Å². The van der Waals surface area contributed by atoms with Crippen LogP contribution in [0.2, 0.25) is 5.02 Å². The summed E-state index contributed by atoms with van der Waals surface area (Å²) in [5.74, 6) is 0.644. The molecule has 0 unspecified atom stereocenters. The van der Waals surface area contributed by atoms with Crippen molar-refractivity contribution >= 4 is 17.5 Å². The molecule has 1 aliphatic rings. The second kappa shape index (κ2) is 7.66. The minimum atomic E-state index is 0.0166. The number of amides is 1. The van der Waals surface area contributed by atoms with Crippen molar-refractivity contribution in [3.8, 4) is 5.75 Å². The summed E-state index contributed by atoms with van der Waals surface area (Å²) in [6.45, 7) is 0.0583. The molecule has 1 saturated carbocycles. The Morgan fingerprint density at radius 1 is 1.38 bits per heavy atom. The van der Waals surface area contributed by atoms with Crippen molar-refractivity contribution in [1.82, 2.24) is 10.2 Å². The predicted octanol–water partition coefficient (Wildman–Crippen LogP) is 2.71. The topological polar surface area (TPSA) is 41.6 Å². The molecule has 0 bridgehead atoms. The summed E-state index contributed by atoms with van der Waals surface area (Å²) in [6.07, 6.45) is 4.33. The maximum Gasteiger partial charge on any atom is 0.260 e. The van der Waals surface area contributed by atoms with Crippen LogP contribution >= 0.6 is 11.6 Å². The second-order valence-corrected chi connectivity index (χ2v) is 5.98. The highest BCUT2D eigenvalue weighted by Crippen LogP contribution is 2.22. The molecule has 1 amide bonds. The molecule has 1 fully saturated rings. The van der Waals surface area contributed by atoms with Gasteiger partial charge < -0.3 is 15.0 Å². The van der Waals surface area contributed by atoms with E-state index >= 15 is 0 Å². The number of hydrogen-bond donors (Lipinski definition) is 1. The minimum Gasteiger partial charge on any atom is -0.484 e. The molecule has 1 N–H and O–H groups in total. The number of benzene rings is 1. The van der Waals surface area contributed by atoms with E-state index in [-0.39, 0.29) is 12.5 Å². The summed E-state index contributed by atoms with van der Waals surface area (Å²) in [4.78, 5) is 14.0. The Balaban J connectivity index is 1.80. The molecule has 0 radical (unpaired) electrons. The fourth-order valence-electron chi connectivity index (χ4n) is 2.76. The lowest BCUT2D eigenvalue weighted by Gasteiger charge is -2.34. The Hall–Kier alpha value is -1.26. The number of carbonyl (C=O) groups excluding carboxylic acids is 1. The Morgan fingerprint density at radius 3 is 2.71 bits per heavy atom. The molecule has 0 saturated heterocycles. The van der Waals surface area contributed by atoms with Gasteiger partial charge in [-0.2, -0.15) is 0 Å². The van der Waals surface area contributed by atoms with Crippen LogP contribution in [0.1, 0.15) is 25.7 Å². The Labute approximate surface area is 131 Å². The van der Waals surface area contributed by atoms with Crippen molar-refractivity contribution in [3.05, 3.63) is 29.3 Å². The first-order valence-corrected chi connectivity index (χ1v) is 7.79. The number of ether oxygens (including phenoxy) is 1. The lowest BCUT2D eigenvalue weighted by Crippen LogP contribution is -2.44. The number of nitrogens with one attached hydrogen (secondary N) is 1. The summed E-state index contributed by atoms with van der Waals surface area (Å²) >= 11 is 5.89. The first-order valence-electron chi connectivity index (χ1n) is 7.41. The van der Waals surface area contributed by atoms with Crippen LogP contribution < -0.4 is 10.1 Å². The summed E-state index contributed by atoms with van der Waals surface area (Å²) < 4.78 is 5.51. The standard InChI is InChI=1S/C16H23ClN2O2/c1-18-13-6-8-14(9-7-13)19(2)16(20)11-21-15-5-3-4-12(17)10-15/h3-5,10,13-14,18H,6-9,11H2,1-2H3. The third-order valence-corrected chi connectivity index (χ3v) is 4.44. The van der Waals surface area contributed by atoms with Gasteiger partial charge in [0.2, 0.25) is 0 Å². The quantitative estimate of drug-likeness (QED) is 0.909. The van der Waals surface area contributed by atoms with E-state index in [1.807, 2.05) is 25.1 Å². The zero-order valence-corrected chi connectivity index (χ0v) is 13.4. The molecule has 5 heteroatoms. The number of carbonyl (C=O) groups is 1. The van der Waals surface area contributed by atoms with Crippen molar-refractivity contribution < 1.29 is 9.53 Å². The number of rotatable bonds is 5. The number of halogens is 1. The number of nitrogens with zero attached hydrogens (tertiary/aromatic N) is 1. The van der Waals surface area contributed by atoms with Gasteiger partial charge in [0.05, 0.1) is 0 Å². The lowest BCUT2D eigenvalue weighted by atomic mass is 9.90. The fraction of sp³-hybridized carbons (Fsp3) is 0.562. The van der Waals surface area contributed by atoms with Gasteiger partial charge >= 0.3 is 0 Å². The summed E-state index contributed by atoms with van der Waals surface area (Å²) in [5.41, 5.74) is 0. The molecule has 0 atom stereocenters. The van der Waals surface area contributed by atoms with Gasteiger partial charge in [0.25, 0.3) is 5.91 Å². The summed E-state index contributed by atoms with van der Waals surface area (Å²) in [7, 11) is 3.87. The molecule has 0 aliphatic heterocycles. The van der Waals surface area contributed by atoms with Crippen LogP contribution in [0, 0.1) is 0 Å². The first-order chi connectivity index (χ1) is 10.1. The van der Waals surface area contributed by atoms with Gasteiger partial charge in [0, 0.05) is 24.2 Å². The van der Waals surface area contributed by atoms with Crippen LogP contribution in [-0.2, 0) is 4.79 Å². The molecule has 1 aliphatic carbocycles. The van der Waals surface area contributed by atoms with Crippen molar-refractivity contribution in [3.63, 3.8) is 0 Å². The van der Waals surface area contributed by atoms with Crippen LogP contribution in [0.3, 0.4) is 0 Å². The van der Waals surface area contributed by atoms with Gasteiger partial charge in [-0.25, -0.2) is 0 Å². The Bertz CT molecular complexity index is 473. The highest BCUT2D eigenvalue weighted by atomic mass is 35.5. The van der Waals surface area contributed by atoms with Gasteiger partial charge in [-0.3, -0.25) is 4.79 Å². The maximum absolute atomic E-state index is 12.2. The predicted molar refractivity (Wildman–Crippen MR) is 84.8 cm³/mol. The zero-order valence-electron chi connectivity index (χ0n) is 12.6. The van der Waals surface area contributed by atoms with Gasteiger partial charge in [-0.1, -0.05) is 17.7 Å². The third kappa shape index (κ3) is 4.61. The average molecular weight is 311 g/mol. The molecule has 116 valence electrons. The Kier molecular flexibility index (Phi) is 5.88. The van der Waals surface area contributed by atoms with E-state index in [4.69, 9.17) is 16.3 Å². The average Bonchev–Trinajstić information content (AvgIpc) is 2.52. The van der Waals surface area contributed by atoms with Gasteiger partial charge in [0.1, 0.15) is 5.75 Å². The van der Waals surface area contributed by atoms with E-state index in [2.05, 4.69) is 5.32 Å². The molecule has 1 aromatic rings. The third-order valence-electron chi connectivity index (χ3n) is 4.20. The van der Waals surface area contributed by atoms with Gasteiger partial charge in [-0.05, 0) is 50.9 Å². The molecule has 0 spiro atoms. The van der Waals surface area contributed by atoms with Gasteiger partial charge in [-0.15, -0.1) is 0 Å². The second-order valence-electron chi connectivity index (χ2n) is 5.54. The highest BCUT2D eigenvalue weighted by Gasteiger charge is 2.25. The molecular formula is C16H23ClN2O2. The van der Waals surface area contributed by atoms with Crippen LogP contribution in [0.5, 0.6) is 5.75 Å². The molecule has 0 aromatic heterocycles. The van der Waals surface area contributed by atoms with E-state index in [0.717, 1.165) is 25.7 Å². The van der Waals surface area contributed by atoms with E-state index < -0.39 is 0 Å². The number of hydrogen-bond acceptors (Lipinski definition) is 3. The van der Waals surface area contributed by atoms with E-state index in [1.54, 1.807) is 18.2 Å². The molecule has 4 nitrogen and oxygen atoms in total. The highest BCUT2D eigenvalue weighted by molar-refractivity contribution is 6.30. The van der Waals surface area contributed by atoms with E-state index in [1.165, 1.54) is 0 Å². The fourth-order valence-corrected chi connectivity index (χ4v) is 2.94. The van der Waals surface area contributed by atoms with Crippen molar-refractivity contribution in [2.24, 2.45) is 0 Å². The Morgan fingerprint density at radius 2 is 2.10 bits per heavy atom. The minimum absolute atomic E-state index is 0.0166. The number of likely N-dealkylation sites (N-methyl/N-ethyl adjacent to an activating group) is 1. The van der Waals surface area contributed by atoms with Crippen molar-refractivity contribution in [1.29, 1.82) is 0 Å². The maximum atomic E-state index is 12.2. The van der Waals surface area contributed by atoms with Crippen molar-refractivity contribution in [2.75, 3.05) is 20.7 Å². The van der Waals surface area contributed by atoms with Gasteiger partial charge in [0.15, 0.2) is 6.61 Å². The van der Waals surface area contributed by atoms with E-state index in [9.17, 15) is 4.79 Å². The van der Waals surface area contributed by atoms with E-state index in [0.29, 0.717) is 22.9 Å². The molecule has 2 rings (SSSR count). The summed E-state index contributed by atoms with van der Waals surface area (Å²) in [5, 5.41) is 3.91. The monoisotopic (exact) mass is 310 g/mol. The molecular weight excluding hydrogens is 288 g/mol. The first kappa shape index (κ1) is 16.1. The summed E-state index contributed by atoms with van der Waals surface area (Å²) in [6, 6.07) is 8.02. The largest absolute Gasteiger partial charge is 0.484 e. The van der Waals surface area contributed by atoms with Crippen LogP contribution in [0.4, 0.5) is 0 Å². The molecule has 21 heavy (non-hydrogen) atoms.